The van der Waals surface area contributed by atoms with E-state index >= 15 is 0 Å². The van der Waals surface area contributed by atoms with Gasteiger partial charge in [0.1, 0.15) is 5.82 Å². The first-order valence-corrected chi connectivity index (χ1v) is 9.84. The third-order valence-corrected chi connectivity index (χ3v) is 5.13. The summed E-state index contributed by atoms with van der Waals surface area (Å²) < 4.78 is 0. The Labute approximate surface area is 173 Å². The molecule has 0 radical (unpaired) electrons. The summed E-state index contributed by atoms with van der Waals surface area (Å²) in [6.45, 7) is 2.46. The molecule has 4 rings (SSSR count). The van der Waals surface area contributed by atoms with Gasteiger partial charge in [-0.15, -0.1) is 0 Å². The summed E-state index contributed by atoms with van der Waals surface area (Å²) in [5, 5.41) is 5.45. The van der Waals surface area contributed by atoms with Crippen molar-refractivity contribution in [2.75, 3.05) is 0 Å². The van der Waals surface area contributed by atoms with Crippen molar-refractivity contribution in [3.05, 3.63) is 105 Å². The number of hydrogen-bond acceptors (Lipinski definition) is 4. The summed E-state index contributed by atoms with van der Waals surface area (Å²) in [7, 11) is 0. The van der Waals surface area contributed by atoms with Crippen LogP contribution in [0.5, 0.6) is 0 Å². The molecule has 0 saturated heterocycles. The number of fused-ring (bicyclic) bond motifs is 1. The maximum atomic E-state index is 11.9. The van der Waals surface area contributed by atoms with Gasteiger partial charge >= 0.3 is 0 Å². The van der Waals surface area contributed by atoms with E-state index in [1.807, 2.05) is 42.5 Å². The largest absolute Gasteiger partial charge is 0.311 e. The van der Waals surface area contributed by atoms with E-state index in [4.69, 9.17) is 11.6 Å². The van der Waals surface area contributed by atoms with Crippen LogP contribution in [-0.2, 0) is 13.0 Å². The molecule has 0 aliphatic carbocycles. The van der Waals surface area contributed by atoms with E-state index in [-0.39, 0.29) is 11.6 Å². The number of H-pyrrole nitrogens is 1. The van der Waals surface area contributed by atoms with E-state index in [9.17, 15) is 4.79 Å². The van der Waals surface area contributed by atoms with Crippen LogP contribution < -0.4 is 10.9 Å². The fraction of sp³-hybridized carbons (Fsp3) is 0.174. The topological polar surface area (TPSA) is 70.7 Å². The number of nitrogens with one attached hydrogen (secondary N) is 2. The molecule has 2 N–H and O–H groups in total. The predicted octanol–water partition coefficient (Wildman–Crippen LogP) is 4.35. The minimum Gasteiger partial charge on any atom is -0.311 e. The Hall–Kier alpha value is -3.02. The van der Waals surface area contributed by atoms with Crippen LogP contribution >= 0.6 is 11.6 Å². The maximum absolute atomic E-state index is 11.9. The fourth-order valence-corrected chi connectivity index (χ4v) is 3.64. The summed E-state index contributed by atoms with van der Waals surface area (Å²) >= 11 is 6.07. The van der Waals surface area contributed by atoms with Gasteiger partial charge in [0, 0.05) is 47.4 Å². The molecule has 1 unspecified atom stereocenters. The molecule has 0 aliphatic heterocycles. The Kier molecular flexibility index (Phi) is 5.69. The lowest BCUT2D eigenvalue weighted by Gasteiger charge is -2.20. The van der Waals surface area contributed by atoms with Gasteiger partial charge in [-0.1, -0.05) is 41.9 Å². The Morgan fingerprint density at radius 2 is 1.93 bits per heavy atom. The highest BCUT2D eigenvalue weighted by molar-refractivity contribution is 6.30. The van der Waals surface area contributed by atoms with Crippen molar-refractivity contribution >= 4 is 22.5 Å². The normalized spacial score (nSPS) is 12.2. The van der Waals surface area contributed by atoms with E-state index in [1.54, 1.807) is 19.2 Å². The van der Waals surface area contributed by atoms with Gasteiger partial charge < -0.3 is 10.3 Å². The quantitative estimate of drug-likeness (QED) is 0.501. The molecule has 0 bridgehead atoms. The molecule has 0 amide bonds. The lowest BCUT2D eigenvalue weighted by atomic mass is 10.0. The molecule has 0 saturated carbocycles. The number of pyridine rings is 1. The van der Waals surface area contributed by atoms with Gasteiger partial charge in [0.15, 0.2) is 0 Å². The van der Waals surface area contributed by atoms with Gasteiger partial charge in [-0.05, 0) is 42.3 Å². The number of aromatic amines is 1. The Balaban J connectivity index is 1.62. The molecule has 4 aromatic rings. The van der Waals surface area contributed by atoms with E-state index in [0.717, 1.165) is 22.2 Å². The lowest BCUT2D eigenvalue weighted by molar-refractivity contribution is 0.525. The van der Waals surface area contributed by atoms with Crippen molar-refractivity contribution in [2.45, 2.75) is 25.9 Å². The number of hydrogen-bond donors (Lipinski definition) is 2. The molecular formula is C23H21ClN4O. The average molecular weight is 405 g/mol. The van der Waals surface area contributed by atoms with Crippen LogP contribution in [0.4, 0.5) is 0 Å². The molecule has 0 fully saturated rings. The van der Waals surface area contributed by atoms with Gasteiger partial charge in [0.2, 0.25) is 0 Å². The third kappa shape index (κ3) is 4.70. The fourth-order valence-electron chi connectivity index (χ4n) is 3.51. The Bertz CT molecular complexity index is 1180. The first kappa shape index (κ1) is 19.3. The minimum atomic E-state index is -0.137. The van der Waals surface area contributed by atoms with Crippen LogP contribution in [0.15, 0.2) is 71.7 Å². The summed E-state index contributed by atoms with van der Waals surface area (Å²) in [4.78, 5) is 23.5. The Morgan fingerprint density at radius 3 is 2.72 bits per heavy atom. The SMILES string of the molecule is Cc1nc(CC(NCc2cccc3ncccc23)c2ccc(Cl)cc2)cc(=O)[nH]1. The highest BCUT2D eigenvalue weighted by atomic mass is 35.5. The monoisotopic (exact) mass is 404 g/mol. The number of benzene rings is 2. The van der Waals surface area contributed by atoms with Crippen LogP contribution in [-0.4, -0.2) is 15.0 Å². The van der Waals surface area contributed by atoms with Crippen molar-refractivity contribution in [3.8, 4) is 0 Å². The van der Waals surface area contributed by atoms with Gasteiger partial charge in [-0.2, -0.15) is 0 Å². The van der Waals surface area contributed by atoms with Gasteiger partial charge in [0.25, 0.3) is 5.56 Å². The first-order chi connectivity index (χ1) is 14.1. The van der Waals surface area contributed by atoms with Crippen molar-refractivity contribution in [1.82, 2.24) is 20.3 Å². The molecule has 5 nitrogen and oxygen atoms in total. The summed E-state index contributed by atoms with van der Waals surface area (Å²) in [5.74, 6) is 0.613. The molecular weight excluding hydrogens is 384 g/mol. The van der Waals surface area contributed by atoms with Crippen molar-refractivity contribution in [1.29, 1.82) is 0 Å². The molecule has 1 atom stereocenters. The first-order valence-electron chi connectivity index (χ1n) is 9.47. The summed E-state index contributed by atoms with van der Waals surface area (Å²) in [5.41, 5.74) is 3.85. The van der Waals surface area contributed by atoms with E-state index in [1.165, 1.54) is 5.56 Å². The Morgan fingerprint density at radius 1 is 1.10 bits per heavy atom. The maximum Gasteiger partial charge on any atom is 0.251 e. The van der Waals surface area contributed by atoms with Crippen LogP contribution in [0.1, 0.15) is 28.7 Å². The average Bonchev–Trinajstić information content (AvgIpc) is 2.71. The number of aryl methyl sites for hydroxylation is 1. The second kappa shape index (κ2) is 8.55. The second-order valence-corrected chi connectivity index (χ2v) is 7.43. The third-order valence-electron chi connectivity index (χ3n) is 4.87. The molecule has 2 aromatic carbocycles. The molecule has 0 aliphatic rings. The van der Waals surface area contributed by atoms with Gasteiger partial charge in [-0.3, -0.25) is 9.78 Å². The summed E-state index contributed by atoms with van der Waals surface area (Å²) in [6.07, 6.45) is 2.40. The van der Waals surface area contributed by atoms with Gasteiger partial charge in [0.05, 0.1) is 5.52 Å². The second-order valence-electron chi connectivity index (χ2n) is 7.00. The van der Waals surface area contributed by atoms with Crippen molar-refractivity contribution in [2.24, 2.45) is 0 Å². The highest BCUT2D eigenvalue weighted by Gasteiger charge is 2.14. The molecule has 146 valence electrons. The number of halogens is 1. The minimum absolute atomic E-state index is 0.0205. The van der Waals surface area contributed by atoms with Crippen LogP contribution in [0.3, 0.4) is 0 Å². The van der Waals surface area contributed by atoms with E-state index in [2.05, 4.69) is 32.4 Å². The molecule has 2 heterocycles. The molecule has 6 heteroatoms. The molecule has 0 spiro atoms. The zero-order chi connectivity index (χ0) is 20.2. The number of aromatic nitrogens is 3. The summed E-state index contributed by atoms with van der Waals surface area (Å²) in [6, 6.07) is 19.5. The van der Waals surface area contributed by atoms with Crippen molar-refractivity contribution in [3.63, 3.8) is 0 Å². The number of rotatable bonds is 6. The zero-order valence-corrected chi connectivity index (χ0v) is 16.8. The highest BCUT2D eigenvalue weighted by Crippen LogP contribution is 2.22. The zero-order valence-electron chi connectivity index (χ0n) is 16.0. The van der Waals surface area contributed by atoms with E-state index < -0.39 is 0 Å². The van der Waals surface area contributed by atoms with Crippen LogP contribution in [0.2, 0.25) is 5.02 Å². The smallest absolute Gasteiger partial charge is 0.251 e. The lowest BCUT2D eigenvalue weighted by Crippen LogP contribution is -2.24. The predicted molar refractivity (Wildman–Crippen MR) is 116 cm³/mol. The van der Waals surface area contributed by atoms with E-state index in [0.29, 0.717) is 23.8 Å². The van der Waals surface area contributed by atoms with Crippen molar-refractivity contribution < 1.29 is 0 Å². The number of nitrogens with zero attached hydrogens (tertiary/aromatic N) is 2. The van der Waals surface area contributed by atoms with Gasteiger partial charge in [-0.25, -0.2) is 4.98 Å². The van der Waals surface area contributed by atoms with Crippen LogP contribution in [0.25, 0.3) is 10.9 Å². The standard InChI is InChI=1S/C23H21ClN4O/c1-15-27-19(13-23(29)28-15)12-22(16-7-9-18(24)10-8-16)26-14-17-4-2-6-21-20(17)5-3-11-25-21/h2-11,13,22,26H,12,14H2,1H3,(H,27,28,29). The molecule has 29 heavy (non-hydrogen) atoms. The molecule has 2 aromatic heterocycles. The van der Waals surface area contributed by atoms with Crippen LogP contribution in [0, 0.1) is 6.92 Å².